The highest BCUT2D eigenvalue weighted by molar-refractivity contribution is 9.10. The summed E-state index contributed by atoms with van der Waals surface area (Å²) in [5, 5.41) is 3.34. The van der Waals surface area contributed by atoms with Gasteiger partial charge in [-0.15, -0.1) is 0 Å². The van der Waals surface area contributed by atoms with Crippen molar-refractivity contribution in [3.63, 3.8) is 0 Å². The van der Waals surface area contributed by atoms with Crippen LogP contribution in [0.3, 0.4) is 0 Å². The third kappa shape index (κ3) is 3.31. The molecular weight excluding hydrogens is 321 g/mol. The maximum atomic E-state index is 13.6. The molecule has 2 aromatic rings. The third-order valence-electron chi connectivity index (χ3n) is 3.12. The van der Waals surface area contributed by atoms with E-state index in [0.717, 1.165) is 21.3 Å². The first-order chi connectivity index (χ1) is 9.51. The summed E-state index contributed by atoms with van der Waals surface area (Å²) < 4.78 is 19.6. The summed E-state index contributed by atoms with van der Waals surface area (Å²) in [5.74, 6) is -0.0760. The largest absolute Gasteiger partial charge is 0.494 e. The van der Waals surface area contributed by atoms with Crippen LogP contribution in [0.25, 0.3) is 0 Å². The number of halogens is 2. The van der Waals surface area contributed by atoms with E-state index in [1.54, 1.807) is 6.07 Å². The summed E-state index contributed by atoms with van der Waals surface area (Å²) in [5.41, 5.74) is 4.27. The van der Waals surface area contributed by atoms with Crippen molar-refractivity contribution in [2.24, 2.45) is 0 Å². The van der Waals surface area contributed by atoms with Gasteiger partial charge < -0.3 is 10.1 Å². The van der Waals surface area contributed by atoms with Crippen LogP contribution in [0.2, 0.25) is 0 Å². The average molecular weight is 338 g/mol. The molecule has 0 bridgehead atoms. The molecule has 1 N–H and O–H groups in total. The highest BCUT2D eigenvalue weighted by atomic mass is 79.9. The van der Waals surface area contributed by atoms with Gasteiger partial charge in [-0.25, -0.2) is 4.39 Å². The fraction of sp³-hybridized carbons (Fsp3) is 0.250. The lowest BCUT2D eigenvalue weighted by Gasteiger charge is -2.13. The molecule has 0 heterocycles. The number of hydrogen-bond acceptors (Lipinski definition) is 2. The predicted octanol–water partition coefficient (Wildman–Crippen LogP) is 4.83. The van der Waals surface area contributed by atoms with Crippen molar-refractivity contribution in [3.05, 3.63) is 57.3 Å². The number of ether oxygens (including phenoxy) is 1. The van der Waals surface area contributed by atoms with Crippen LogP contribution in [-0.2, 0) is 6.54 Å². The molecule has 0 saturated heterocycles. The van der Waals surface area contributed by atoms with Gasteiger partial charge in [0.25, 0.3) is 0 Å². The van der Waals surface area contributed by atoms with Crippen LogP contribution in [-0.4, -0.2) is 7.11 Å². The number of benzene rings is 2. The second-order valence-electron chi connectivity index (χ2n) is 4.76. The SMILES string of the molecule is COc1ccc(CNc2c(C)cc(C)cc2Br)cc1F. The van der Waals surface area contributed by atoms with Crippen LogP contribution in [0.4, 0.5) is 10.1 Å². The van der Waals surface area contributed by atoms with Crippen molar-refractivity contribution in [2.45, 2.75) is 20.4 Å². The van der Waals surface area contributed by atoms with Crippen LogP contribution in [0.5, 0.6) is 5.75 Å². The van der Waals surface area contributed by atoms with Gasteiger partial charge in [-0.1, -0.05) is 12.1 Å². The average Bonchev–Trinajstić information content (AvgIpc) is 2.37. The zero-order valence-corrected chi connectivity index (χ0v) is 13.3. The molecule has 2 aromatic carbocycles. The molecule has 0 aliphatic carbocycles. The molecule has 0 aliphatic rings. The highest BCUT2D eigenvalue weighted by Crippen LogP contribution is 2.28. The molecule has 0 saturated carbocycles. The second-order valence-corrected chi connectivity index (χ2v) is 5.62. The predicted molar refractivity (Wildman–Crippen MR) is 83.9 cm³/mol. The van der Waals surface area contributed by atoms with Crippen molar-refractivity contribution >= 4 is 21.6 Å². The number of rotatable bonds is 4. The van der Waals surface area contributed by atoms with E-state index < -0.39 is 0 Å². The first kappa shape index (κ1) is 14.9. The maximum Gasteiger partial charge on any atom is 0.165 e. The van der Waals surface area contributed by atoms with Gasteiger partial charge in [0.1, 0.15) is 0 Å². The molecule has 4 heteroatoms. The minimum absolute atomic E-state index is 0.265. The summed E-state index contributed by atoms with van der Waals surface area (Å²) in [6.07, 6.45) is 0. The Balaban J connectivity index is 2.15. The highest BCUT2D eigenvalue weighted by Gasteiger charge is 2.07. The Labute approximate surface area is 127 Å². The lowest BCUT2D eigenvalue weighted by molar-refractivity contribution is 0.386. The van der Waals surface area contributed by atoms with E-state index >= 15 is 0 Å². The lowest BCUT2D eigenvalue weighted by atomic mass is 10.1. The first-order valence-electron chi connectivity index (χ1n) is 6.34. The monoisotopic (exact) mass is 337 g/mol. The van der Waals surface area contributed by atoms with E-state index in [1.807, 2.05) is 6.07 Å². The van der Waals surface area contributed by atoms with Gasteiger partial charge in [0.15, 0.2) is 11.6 Å². The Morgan fingerprint density at radius 1 is 1.20 bits per heavy atom. The third-order valence-corrected chi connectivity index (χ3v) is 3.74. The number of aryl methyl sites for hydroxylation is 2. The van der Waals surface area contributed by atoms with Gasteiger partial charge in [-0.05, 0) is 64.7 Å². The molecular formula is C16H17BrFNO. The number of methoxy groups -OCH3 is 1. The molecule has 0 fully saturated rings. The van der Waals surface area contributed by atoms with Crippen molar-refractivity contribution < 1.29 is 9.13 Å². The molecule has 106 valence electrons. The van der Waals surface area contributed by atoms with E-state index in [0.29, 0.717) is 6.54 Å². The molecule has 20 heavy (non-hydrogen) atoms. The molecule has 0 spiro atoms. The molecule has 0 aliphatic heterocycles. The molecule has 0 amide bonds. The summed E-state index contributed by atoms with van der Waals surface area (Å²) in [4.78, 5) is 0. The van der Waals surface area contributed by atoms with Crippen LogP contribution in [0.1, 0.15) is 16.7 Å². The molecule has 0 unspecified atom stereocenters. The molecule has 2 rings (SSSR count). The molecule has 0 atom stereocenters. The molecule has 0 radical (unpaired) electrons. The Kier molecular flexibility index (Phi) is 4.65. The van der Waals surface area contributed by atoms with E-state index in [1.165, 1.54) is 18.7 Å². The van der Waals surface area contributed by atoms with E-state index in [2.05, 4.69) is 47.2 Å². The Morgan fingerprint density at radius 2 is 1.95 bits per heavy atom. The summed E-state index contributed by atoms with van der Waals surface area (Å²) in [6, 6.07) is 9.16. The minimum Gasteiger partial charge on any atom is -0.494 e. The van der Waals surface area contributed by atoms with Crippen molar-refractivity contribution in [1.29, 1.82) is 0 Å². The van der Waals surface area contributed by atoms with Crippen molar-refractivity contribution in [2.75, 3.05) is 12.4 Å². The smallest absolute Gasteiger partial charge is 0.165 e. The van der Waals surface area contributed by atoms with Crippen molar-refractivity contribution in [3.8, 4) is 5.75 Å². The maximum absolute atomic E-state index is 13.6. The van der Waals surface area contributed by atoms with Gasteiger partial charge in [0.05, 0.1) is 12.8 Å². The van der Waals surface area contributed by atoms with Crippen LogP contribution in [0.15, 0.2) is 34.8 Å². The number of hydrogen-bond donors (Lipinski definition) is 1. The normalized spacial score (nSPS) is 10.4. The molecule has 0 aromatic heterocycles. The zero-order valence-electron chi connectivity index (χ0n) is 11.8. The Morgan fingerprint density at radius 3 is 2.55 bits per heavy atom. The van der Waals surface area contributed by atoms with Gasteiger partial charge in [-0.3, -0.25) is 0 Å². The topological polar surface area (TPSA) is 21.3 Å². The number of nitrogens with one attached hydrogen (secondary N) is 1. The van der Waals surface area contributed by atoms with Gasteiger partial charge in [0.2, 0.25) is 0 Å². The Hall–Kier alpha value is -1.55. The standard InChI is InChI=1S/C16H17BrFNO/c1-10-6-11(2)16(13(17)7-10)19-9-12-4-5-15(20-3)14(18)8-12/h4-8,19H,9H2,1-3H3. The molecule has 2 nitrogen and oxygen atoms in total. The minimum atomic E-state index is -0.341. The van der Waals surface area contributed by atoms with Gasteiger partial charge in [0, 0.05) is 11.0 Å². The summed E-state index contributed by atoms with van der Waals surface area (Å²) >= 11 is 3.55. The van der Waals surface area contributed by atoms with Gasteiger partial charge in [-0.2, -0.15) is 0 Å². The number of anilines is 1. The van der Waals surface area contributed by atoms with E-state index in [-0.39, 0.29) is 11.6 Å². The van der Waals surface area contributed by atoms with Gasteiger partial charge >= 0.3 is 0 Å². The quantitative estimate of drug-likeness (QED) is 0.862. The summed E-state index contributed by atoms with van der Waals surface area (Å²) in [6.45, 7) is 4.67. The fourth-order valence-electron chi connectivity index (χ4n) is 2.15. The van der Waals surface area contributed by atoms with Crippen molar-refractivity contribution in [1.82, 2.24) is 0 Å². The van der Waals surface area contributed by atoms with E-state index in [9.17, 15) is 4.39 Å². The van der Waals surface area contributed by atoms with Crippen LogP contribution < -0.4 is 10.1 Å². The first-order valence-corrected chi connectivity index (χ1v) is 7.13. The fourth-order valence-corrected chi connectivity index (χ4v) is 2.96. The van der Waals surface area contributed by atoms with Crippen LogP contribution in [0, 0.1) is 19.7 Å². The van der Waals surface area contributed by atoms with Crippen LogP contribution >= 0.6 is 15.9 Å². The van der Waals surface area contributed by atoms with E-state index in [4.69, 9.17) is 4.74 Å². The Bertz CT molecular complexity index is 605. The lowest BCUT2D eigenvalue weighted by Crippen LogP contribution is -2.03. The zero-order chi connectivity index (χ0) is 14.7. The second kappa shape index (κ2) is 6.27. The summed E-state index contributed by atoms with van der Waals surface area (Å²) in [7, 11) is 1.46.